The molecule has 0 aliphatic carbocycles. The molecule has 1 aromatic heterocycles. The first-order valence-corrected chi connectivity index (χ1v) is 8.21. The van der Waals surface area contributed by atoms with Crippen molar-refractivity contribution in [3.05, 3.63) is 75.9 Å². The lowest BCUT2D eigenvalue weighted by atomic mass is 10.1. The van der Waals surface area contributed by atoms with Crippen molar-refractivity contribution in [2.75, 3.05) is 0 Å². The van der Waals surface area contributed by atoms with E-state index >= 15 is 0 Å². The maximum atomic E-state index is 12.2. The van der Waals surface area contributed by atoms with E-state index in [-0.39, 0.29) is 5.91 Å². The molecule has 0 unspecified atom stereocenters. The molecule has 0 spiro atoms. The highest BCUT2D eigenvalue weighted by Crippen LogP contribution is 2.23. The Labute approximate surface area is 154 Å². The number of benzene rings is 2. The third kappa shape index (κ3) is 4.07. The van der Waals surface area contributed by atoms with Crippen LogP contribution in [0.4, 0.5) is 0 Å². The van der Waals surface area contributed by atoms with E-state index in [2.05, 4.69) is 20.7 Å². The van der Waals surface area contributed by atoms with Gasteiger partial charge in [0.05, 0.1) is 21.5 Å². The van der Waals surface area contributed by atoms with Crippen LogP contribution < -0.4 is 5.43 Å². The fourth-order valence-corrected chi connectivity index (χ4v) is 2.47. The van der Waals surface area contributed by atoms with E-state index in [0.29, 0.717) is 27.1 Å². The van der Waals surface area contributed by atoms with Crippen LogP contribution in [0.3, 0.4) is 0 Å². The third-order valence-corrected chi connectivity index (χ3v) is 4.29. The summed E-state index contributed by atoms with van der Waals surface area (Å²) in [5.74, 6) is -0.380. The number of halogens is 2. The molecule has 0 fully saturated rings. The first kappa shape index (κ1) is 17.2. The van der Waals surface area contributed by atoms with Crippen LogP contribution in [0.5, 0.6) is 0 Å². The molecule has 2 aromatic carbocycles. The molecule has 3 rings (SSSR count). The summed E-state index contributed by atoms with van der Waals surface area (Å²) >= 11 is 11.9. The monoisotopic (exact) mass is 372 g/mol. The van der Waals surface area contributed by atoms with Gasteiger partial charge in [0.25, 0.3) is 5.91 Å². The minimum Gasteiger partial charge on any atom is -0.272 e. The molecular formula is C18H14Cl2N4O. The molecule has 3 aromatic rings. The molecule has 0 aliphatic heterocycles. The van der Waals surface area contributed by atoms with E-state index in [1.807, 2.05) is 30.3 Å². The molecule has 0 bridgehead atoms. The summed E-state index contributed by atoms with van der Waals surface area (Å²) in [4.78, 5) is 12.2. The smallest absolute Gasteiger partial charge is 0.272 e. The Bertz CT molecular complexity index is 935. The molecule has 25 heavy (non-hydrogen) atoms. The zero-order valence-corrected chi connectivity index (χ0v) is 14.8. The van der Waals surface area contributed by atoms with Crippen LogP contribution in [0.15, 0.2) is 59.7 Å². The average molecular weight is 373 g/mol. The highest BCUT2D eigenvalue weighted by molar-refractivity contribution is 6.42. The number of rotatable bonds is 4. The highest BCUT2D eigenvalue weighted by atomic mass is 35.5. The fourth-order valence-electron chi connectivity index (χ4n) is 2.18. The summed E-state index contributed by atoms with van der Waals surface area (Å²) in [6.07, 6.45) is 0. The van der Waals surface area contributed by atoms with Crippen molar-refractivity contribution in [1.82, 2.24) is 15.6 Å². The standard InChI is InChI=1S/C18H14Cl2N4O/c1-11(13-7-8-14(19)15(20)9-13)21-24-18(25)17-10-16(22-23-17)12-5-3-2-4-6-12/h2-10H,1H3,(H,22,23)(H,24,25)/b21-11+. The second-order valence-electron chi connectivity index (χ2n) is 5.30. The Kier molecular flexibility index (Phi) is 5.16. The maximum absolute atomic E-state index is 12.2. The molecular weight excluding hydrogens is 359 g/mol. The van der Waals surface area contributed by atoms with Gasteiger partial charge < -0.3 is 0 Å². The number of nitrogens with zero attached hydrogens (tertiary/aromatic N) is 2. The van der Waals surface area contributed by atoms with Crippen LogP contribution in [0.2, 0.25) is 10.0 Å². The van der Waals surface area contributed by atoms with E-state index in [9.17, 15) is 4.79 Å². The molecule has 1 heterocycles. The van der Waals surface area contributed by atoms with Crippen molar-refractivity contribution in [1.29, 1.82) is 0 Å². The summed E-state index contributed by atoms with van der Waals surface area (Å²) < 4.78 is 0. The Morgan fingerprint density at radius 1 is 1.08 bits per heavy atom. The minimum absolute atomic E-state index is 0.324. The molecule has 0 atom stereocenters. The number of hydrogen-bond acceptors (Lipinski definition) is 3. The predicted molar refractivity (Wildman–Crippen MR) is 100 cm³/mol. The van der Waals surface area contributed by atoms with Gasteiger partial charge in [-0.05, 0) is 30.7 Å². The van der Waals surface area contributed by atoms with Crippen LogP contribution in [0.25, 0.3) is 11.3 Å². The van der Waals surface area contributed by atoms with E-state index in [1.165, 1.54) is 0 Å². The van der Waals surface area contributed by atoms with Crippen molar-refractivity contribution in [2.45, 2.75) is 6.92 Å². The number of hydrogen-bond donors (Lipinski definition) is 2. The number of aromatic amines is 1. The summed E-state index contributed by atoms with van der Waals surface area (Å²) in [5.41, 5.74) is 5.81. The van der Waals surface area contributed by atoms with E-state index in [0.717, 1.165) is 11.1 Å². The number of amides is 1. The van der Waals surface area contributed by atoms with Crippen molar-refractivity contribution in [2.24, 2.45) is 5.10 Å². The molecule has 7 heteroatoms. The van der Waals surface area contributed by atoms with Gasteiger partial charge in [0.2, 0.25) is 0 Å². The largest absolute Gasteiger partial charge is 0.289 e. The molecule has 2 N–H and O–H groups in total. The number of aromatic nitrogens is 2. The van der Waals surface area contributed by atoms with E-state index < -0.39 is 0 Å². The van der Waals surface area contributed by atoms with Gasteiger partial charge in [0.15, 0.2) is 0 Å². The van der Waals surface area contributed by atoms with Gasteiger partial charge >= 0.3 is 0 Å². The van der Waals surface area contributed by atoms with Gasteiger partial charge in [0.1, 0.15) is 5.69 Å². The summed E-state index contributed by atoms with van der Waals surface area (Å²) in [6.45, 7) is 1.77. The fraction of sp³-hybridized carbons (Fsp3) is 0.0556. The van der Waals surface area contributed by atoms with Crippen LogP contribution >= 0.6 is 23.2 Å². The minimum atomic E-state index is -0.380. The van der Waals surface area contributed by atoms with Crippen molar-refractivity contribution in [3.63, 3.8) is 0 Å². The van der Waals surface area contributed by atoms with Gasteiger partial charge in [-0.1, -0.05) is 59.6 Å². The van der Waals surface area contributed by atoms with Crippen LogP contribution in [0, 0.1) is 0 Å². The summed E-state index contributed by atoms with van der Waals surface area (Å²) in [7, 11) is 0. The number of hydrazone groups is 1. The quantitative estimate of drug-likeness (QED) is 0.521. The van der Waals surface area contributed by atoms with Crippen molar-refractivity contribution < 1.29 is 4.79 Å². The summed E-state index contributed by atoms with van der Waals surface area (Å²) in [5, 5.41) is 11.9. The summed E-state index contributed by atoms with van der Waals surface area (Å²) in [6, 6.07) is 16.4. The number of nitrogens with one attached hydrogen (secondary N) is 2. The van der Waals surface area contributed by atoms with E-state index in [1.54, 1.807) is 31.2 Å². The lowest BCUT2D eigenvalue weighted by Gasteiger charge is -2.03. The lowest BCUT2D eigenvalue weighted by Crippen LogP contribution is -2.19. The molecule has 1 amide bonds. The second kappa shape index (κ2) is 7.51. The van der Waals surface area contributed by atoms with Gasteiger partial charge in [-0.2, -0.15) is 10.2 Å². The molecule has 5 nitrogen and oxygen atoms in total. The topological polar surface area (TPSA) is 70.1 Å². The zero-order valence-electron chi connectivity index (χ0n) is 13.3. The molecule has 0 radical (unpaired) electrons. The highest BCUT2D eigenvalue weighted by Gasteiger charge is 2.11. The van der Waals surface area contributed by atoms with Gasteiger partial charge in [-0.3, -0.25) is 9.89 Å². The zero-order chi connectivity index (χ0) is 17.8. The third-order valence-electron chi connectivity index (χ3n) is 3.55. The number of carbonyl (C=O) groups is 1. The van der Waals surface area contributed by atoms with E-state index in [4.69, 9.17) is 23.2 Å². The average Bonchev–Trinajstić information content (AvgIpc) is 3.12. The van der Waals surface area contributed by atoms with Gasteiger partial charge in [-0.15, -0.1) is 0 Å². The SMILES string of the molecule is C/C(=N\NC(=O)c1cc(-c2ccccc2)n[nH]1)c1ccc(Cl)c(Cl)c1. The number of H-pyrrole nitrogens is 1. The second-order valence-corrected chi connectivity index (χ2v) is 6.11. The number of carbonyl (C=O) groups excluding carboxylic acids is 1. The maximum Gasteiger partial charge on any atom is 0.289 e. The lowest BCUT2D eigenvalue weighted by molar-refractivity contribution is 0.0950. The predicted octanol–water partition coefficient (Wildman–Crippen LogP) is 4.54. The molecule has 0 saturated carbocycles. The Hall–Kier alpha value is -2.63. The van der Waals surface area contributed by atoms with Crippen LogP contribution in [-0.2, 0) is 0 Å². The Morgan fingerprint density at radius 3 is 2.56 bits per heavy atom. The van der Waals surface area contributed by atoms with Crippen LogP contribution in [-0.4, -0.2) is 21.8 Å². The molecule has 0 saturated heterocycles. The van der Waals surface area contributed by atoms with Crippen LogP contribution in [0.1, 0.15) is 23.0 Å². The molecule has 0 aliphatic rings. The Balaban J connectivity index is 1.72. The normalized spacial score (nSPS) is 11.4. The van der Waals surface area contributed by atoms with Crippen molar-refractivity contribution >= 4 is 34.8 Å². The molecule has 126 valence electrons. The Morgan fingerprint density at radius 2 is 1.84 bits per heavy atom. The van der Waals surface area contributed by atoms with Crippen molar-refractivity contribution in [3.8, 4) is 11.3 Å². The first-order valence-electron chi connectivity index (χ1n) is 7.45. The van der Waals surface area contributed by atoms with Gasteiger partial charge in [-0.25, -0.2) is 5.43 Å². The van der Waals surface area contributed by atoms with Gasteiger partial charge in [0, 0.05) is 5.56 Å². The first-order chi connectivity index (χ1) is 12.0.